The molecular formula is C18H28N2O. The Bertz CT molecular complexity index is 460. The Kier molecular flexibility index (Phi) is 4.81. The van der Waals surface area contributed by atoms with Crippen molar-refractivity contribution in [2.75, 3.05) is 32.8 Å². The molecule has 1 aromatic rings. The zero-order valence-corrected chi connectivity index (χ0v) is 13.3. The molecule has 0 spiro atoms. The molecule has 116 valence electrons. The van der Waals surface area contributed by atoms with E-state index in [2.05, 4.69) is 48.3 Å². The molecule has 1 fully saturated rings. The van der Waals surface area contributed by atoms with Gasteiger partial charge in [0.2, 0.25) is 0 Å². The van der Waals surface area contributed by atoms with Crippen molar-refractivity contribution in [2.24, 2.45) is 5.92 Å². The fourth-order valence-electron chi connectivity index (χ4n) is 3.58. The number of hydrogen-bond acceptors (Lipinski definition) is 3. The topological polar surface area (TPSA) is 24.5 Å². The normalized spacial score (nSPS) is 25.9. The summed E-state index contributed by atoms with van der Waals surface area (Å²) in [5.74, 6) is 2.45. The molecule has 0 radical (unpaired) electrons. The van der Waals surface area contributed by atoms with E-state index in [-0.39, 0.29) is 0 Å². The van der Waals surface area contributed by atoms with E-state index in [4.69, 9.17) is 4.74 Å². The van der Waals surface area contributed by atoms with Crippen molar-refractivity contribution in [3.8, 4) is 5.75 Å². The Morgan fingerprint density at radius 3 is 3.05 bits per heavy atom. The van der Waals surface area contributed by atoms with Crippen molar-refractivity contribution < 1.29 is 4.74 Å². The molecule has 0 saturated carbocycles. The number of piperidine rings is 1. The SMILES string of the molecule is CC(C)NCC1CCCN(CC2COc3ccccc32)C1. The first-order valence-electron chi connectivity index (χ1n) is 8.40. The maximum Gasteiger partial charge on any atom is 0.122 e. The summed E-state index contributed by atoms with van der Waals surface area (Å²) in [6.07, 6.45) is 2.70. The van der Waals surface area contributed by atoms with Crippen molar-refractivity contribution in [3.05, 3.63) is 29.8 Å². The maximum absolute atomic E-state index is 5.82. The summed E-state index contributed by atoms with van der Waals surface area (Å²) in [7, 11) is 0. The van der Waals surface area contributed by atoms with Crippen molar-refractivity contribution in [1.82, 2.24) is 10.2 Å². The minimum atomic E-state index is 0.554. The lowest BCUT2D eigenvalue weighted by Crippen LogP contribution is -2.42. The molecule has 0 aromatic heterocycles. The zero-order chi connectivity index (χ0) is 14.7. The maximum atomic E-state index is 5.82. The number of ether oxygens (including phenoxy) is 1. The second kappa shape index (κ2) is 6.80. The van der Waals surface area contributed by atoms with Gasteiger partial charge >= 0.3 is 0 Å². The van der Waals surface area contributed by atoms with Crippen LogP contribution >= 0.6 is 0 Å². The average Bonchev–Trinajstić information content (AvgIpc) is 2.89. The third kappa shape index (κ3) is 3.78. The number of nitrogens with zero attached hydrogens (tertiary/aromatic N) is 1. The smallest absolute Gasteiger partial charge is 0.122 e. The van der Waals surface area contributed by atoms with Gasteiger partial charge in [-0.1, -0.05) is 32.0 Å². The van der Waals surface area contributed by atoms with E-state index in [1.807, 2.05) is 0 Å². The van der Waals surface area contributed by atoms with Crippen LogP contribution in [0.25, 0.3) is 0 Å². The molecule has 3 rings (SSSR count). The summed E-state index contributed by atoms with van der Waals surface area (Å²) < 4.78 is 5.82. The van der Waals surface area contributed by atoms with Crippen molar-refractivity contribution >= 4 is 0 Å². The molecular weight excluding hydrogens is 260 g/mol. The fourth-order valence-corrected chi connectivity index (χ4v) is 3.58. The second-order valence-corrected chi connectivity index (χ2v) is 6.88. The second-order valence-electron chi connectivity index (χ2n) is 6.88. The van der Waals surface area contributed by atoms with Crippen LogP contribution in [0, 0.1) is 5.92 Å². The van der Waals surface area contributed by atoms with Crippen LogP contribution in [0.1, 0.15) is 38.2 Å². The van der Waals surface area contributed by atoms with Crippen LogP contribution in [0.3, 0.4) is 0 Å². The molecule has 3 heteroatoms. The van der Waals surface area contributed by atoms with Crippen molar-refractivity contribution in [3.63, 3.8) is 0 Å². The Morgan fingerprint density at radius 1 is 1.33 bits per heavy atom. The van der Waals surface area contributed by atoms with Crippen LogP contribution in [0.5, 0.6) is 5.75 Å². The summed E-state index contributed by atoms with van der Waals surface area (Å²) in [6, 6.07) is 9.12. The van der Waals surface area contributed by atoms with Gasteiger partial charge < -0.3 is 15.0 Å². The predicted molar refractivity (Wildman–Crippen MR) is 87.0 cm³/mol. The summed E-state index contributed by atoms with van der Waals surface area (Å²) in [5.41, 5.74) is 1.40. The number of rotatable bonds is 5. The first-order valence-corrected chi connectivity index (χ1v) is 8.40. The lowest BCUT2D eigenvalue weighted by Gasteiger charge is -2.34. The number of fused-ring (bicyclic) bond motifs is 1. The molecule has 0 aliphatic carbocycles. The monoisotopic (exact) mass is 288 g/mol. The van der Waals surface area contributed by atoms with Gasteiger partial charge in [0.25, 0.3) is 0 Å². The van der Waals surface area contributed by atoms with Crippen LogP contribution in [-0.2, 0) is 0 Å². The van der Waals surface area contributed by atoms with E-state index in [0.717, 1.165) is 31.4 Å². The number of nitrogens with one attached hydrogen (secondary N) is 1. The highest BCUT2D eigenvalue weighted by Crippen LogP contribution is 2.34. The Labute approximate surface area is 128 Å². The molecule has 0 bridgehead atoms. The molecule has 3 nitrogen and oxygen atoms in total. The number of benzene rings is 1. The summed E-state index contributed by atoms with van der Waals surface area (Å²) in [5, 5.41) is 3.59. The Hall–Kier alpha value is -1.06. The Balaban J connectivity index is 1.54. The summed E-state index contributed by atoms with van der Waals surface area (Å²) in [4.78, 5) is 2.65. The van der Waals surface area contributed by atoms with Crippen molar-refractivity contribution in [2.45, 2.75) is 38.6 Å². The molecule has 2 unspecified atom stereocenters. The summed E-state index contributed by atoms with van der Waals surface area (Å²) in [6.45, 7) is 10.1. The molecule has 2 aliphatic rings. The van der Waals surface area contributed by atoms with Gasteiger partial charge in [0, 0.05) is 30.6 Å². The highest BCUT2D eigenvalue weighted by Gasteiger charge is 2.28. The highest BCUT2D eigenvalue weighted by molar-refractivity contribution is 5.39. The molecule has 2 aliphatic heterocycles. The predicted octanol–water partition coefficient (Wildman–Crippen LogP) is 2.87. The van der Waals surface area contributed by atoms with E-state index >= 15 is 0 Å². The van der Waals surface area contributed by atoms with Gasteiger partial charge in [-0.05, 0) is 37.9 Å². The lowest BCUT2D eigenvalue weighted by molar-refractivity contribution is 0.155. The molecule has 21 heavy (non-hydrogen) atoms. The Morgan fingerprint density at radius 2 is 2.19 bits per heavy atom. The first kappa shape index (κ1) is 14.9. The lowest BCUT2D eigenvalue weighted by atomic mass is 9.95. The molecule has 2 atom stereocenters. The highest BCUT2D eigenvalue weighted by atomic mass is 16.5. The van der Waals surface area contributed by atoms with Crippen LogP contribution in [0.15, 0.2) is 24.3 Å². The fraction of sp³-hybridized carbons (Fsp3) is 0.667. The van der Waals surface area contributed by atoms with Gasteiger partial charge in [0.1, 0.15) is 5.75 Å². The minimum absolute atomic E-state index is 0.554. The standard InChI is InChI=1S/C18H28N2O/c1-14(2)19-10-15-6-5-9-20(11-15)12-16-13-21-18-8-4-3-7-17(16)18/h3-4,7-8,14-16,19H,5-6,9-13H2,1-2H3. The third-order valence-corrected chi connectivity index (χ3v) is 4.70. The van der Waals surface area contributed by atoms with Gasteiger partial charge in [-0.25, -0.2) is 0 Å². The van der Waals surface area contributed by atoms with Gasteiger partial charge in [0.05, 0.1) is 6.61 Å². The largest absolute Gasteiger partial charge is 0.493 e. The van der Waals surface area contributed by atoms with E-state index in [1.165, 1.54) is 31.5 Å². The number of likely N-dealkylation sites (tertiary alicyclic amines) is 1. The van der Waals surface area contributed by atoms with Crippen LogP contribution < -0.4 is 10.1 Å². The van der Waals surface area contributed by atoms with Crippen LogP contribution in [0.4, 0.5) is 0 Å². The third-order valence-electron chi connectivity index (χ3n) is 4.70. The van der Waals surface area contributed by atoms with E-state index in [0.29, 0.717) is 12.0 Å². The van der Waals surface area contributed by atoms with E-state index in [1.54, 1.807) is 0 Å². The van der Waals surface area contributed by atoms with Gasteiger partial charge in [0.15, 0.2) is 0 Å². The van der Waals surface area contributed by atoms with Crippen LogP contribution in [0.2, 0.25) is 0 Å². The zero-order valence-electron chi connectivity index (χ0n) is 13.3. The molecule has 1 saturated heterocycles. The molecule has 0 amide bonds. The first-order chi connectivity index (χ1) is 10.2. The van der Waals surface area contributed by atoms with E-state index in [9.17, 15) is 0 Å². The quantitative estimate of drug-likeness (QED) is 0.901. The summed E-state index contributed by atoms with van der Waals surface area (Å²) >= 11 is 0. The molecule has 2 heterocycles. The minimum Gasteiger partial charge on any atom is -0.493 e. The van der Waals surface area contributed by atoms with Crippen molar-refractivity contribution in [1.29, 1.82) is 0 Å². The molecule has 1 aromatic carbocycles. The number of hydrogen-bond donors (Lipinski definition) is 1. The average molecular weight is 288 g/mol. The van der Waals surface area contributed by atoms with Gasteiger partial charge in [-0.15, -0.1) is 0 Å². The van der Waals surface area contributed by atoms with Crippen LogP contribution in [-0.4, -0.2) is 43.7 Å². The van der Waals surface area contributed by atoms with E-state index < -0.39 is 0 Å². The number of para-hydroxylation sites is 1. The van der Waals surface area contributed by atoms with Gasteiger partial charge in [-0.3, -0.25) is 0 Å². The molecule has 1 N–H and O–H groups in total. The van der Waals surface area contributed by atoms with Gasteiger partial charge in [-0.2, -0.15) is 0 Å².